The van der Waals surface area contributed by atoms with Crippen molar-refractivity contribution in [1.29, 1.82) is 0 Å². The molecule has 2 aromatic rings. The van der Waals surface area contributed by atoms with Crippen molar-refractivity contribution >= 4 is 17.7 Å². The van der Waals surface area contributed by atoms with Gasteiger partial charge in [0.15, 0.2) is 0 Å². The summed E-state index contributed by atoms with van der Waals surface area (Å²) >= 11 is 0. The number of hydrogen-bond donors (Lipinski definition) is 0. The standard InChI is InChI=1S/C28H35F3N2O4/c1-7-27(5,33(24(34)28(29,30)31)22-14-16-23(36-6)17-15-22)18-11-19-32(25(35)37-26(2,3)4)20-21-12-9-8-10-13-21/h7-10,12-17H,1,11,18-20H2,2-6H3/t27-/m0/s1. The molecule has 0 aliphatic carbocycles. The molecule has 0 aromatic heterocycles. The highest BCUT2D eigenvalue weighted by molar-refractivity contribution is 5.99. The molecule has 0 spiro atoms. The third-order valence-electron chi connectivity index (χ3n) is 5.71. The number of hydrogen-bond acceptors (Lipinski definition) is 4. The molecule has 1 atom stereocenters. The second-order valence-corrected chi connectivity index (χ2v) is 9.89. The van der Waals surface area contributed by atoms with Crippen LogP contribution in [0.4, 0.5) is 23.7 Å². The molecule has 9 heteroatoms. The molecule has 0 bridgehead atoms. The molecular formula is C28H35F3N2O4. The predicted molar refractivity (Wildman–Crippen MR) is 137 cm³/mol. The summed E-state index contributed by atoms with van der Waals surface area (Å²) in [6, 6.07) is 15.1. The van der Waals surface area contributed by atoms with E-state index in [9.17, 15) is 22.8 Å². The molecule has 0 saturated carbocycles. The zero-order chi connectivity index (χ0) is 27.9. The maximum Gasteiger partial charge on any atom is 0.471 e. The lowest BCUT2D eigenvalue weighted by atomic mass is 9.92. The number of halogens is 3. The minimum absolute atomic E-state index is 0.0545. The Bertz CT molecular complexity index is 1050. The molecule has 2 rings (SSSR count). The molecule has 2 amide bonds. The van der Waals surface area contributed by atoms with Crippen molar-refractivity contribution in [3.63, 3.8) is 0 Å². The van der Waals surface area contributed by atoms with Gasteiger partial charge in [-0.2, -0.15) is 13.2 Å². The van der Waals surface area contributed by atoms with E-state index in [1.165, 1.54) is 49.3 Å². The fourth-order valence-electron chi connectivity index (χ4n) is 3.80. The van der Waals surface area contributed by atoms with Gasteiger partial charge in [0.05, 0.1) is 12.6 Å². The van der Waals surface area contributed by atoms with E-state index in [1.807, 2.05) is 30.3 Å². The number of anilines is 1. The lowest BCUT2D eigenvalue weighted by Gasteiger charge is -2.40. The van der Waals surface area contributed by atoms with E-state index in [2.05, 4.69) is 6.58 Å². The first kappa shape index (κ1) is 29.7. The van der Waals surface area contributed by atoms with Crippen LogP contribution in [0.5, 0.6) is 5.75 Å². The van der Waals surface area contributed by atoms with Crippen LogP contribution in [-0.2, 0) is 16.1 Å². The van der Waals surface area contributed by atoms with Crippen LogP contribution in [0.25, 0.3) is 0 Å². The minimum Gasteiger partial charge on any atom is -0.497 e. The monoisotopic (exact) mass is 520 g/mol. The summed E-state index contributed by atoms with van der Waals surface area (Å²) in [5, 5.41) is 0. The van der Waals surface area contributed by atoms with Crippen molar-refractivity contribution < 1.29 is 32.2 Å². The normalized spacial score (nSPS) is 13.3. The first-order valence-corrected chi connectivity index (χ1v) is 11.9. The predicted octanol–water partition coefficient (Wildman–Crippen LogP) is 6.75. The van der Waals surface area contributed by atoms with Gasteiger partial charge in [-0.05, 0) is 70.4 Å². The average molecular weight is 521 g/mol. The zero-order valence-electron chi connectivity index (χ0n) is 22.0. The first-order valence-electron chi connectivity index (χ1n) is 11.9. The number of methoxy groups -OCH3 is 1. The molecule has 6 nitrogen and oxygen atoms in total. The van der Waals surface area contributed by atoms with Crippen molar-refractivity contribution in [3.05, 3.63) is 72.8 Å². The third kappa shape index (κ3) is 8.55. The highest BCUT2D eigenvalue weighted by Gasteiger charge is 2.48. The molecule has 0 radical (unpaired) electrons. The van der Waals surface area contributed by atoms with Gasteiger partial charge in [-0.15, -0.1) is 6.58 Å². The zero-order valence-corrected chi connectivity index (χ0v) is 22.0. The fourth-order valence-corrected chi connectivity index (χ4v) is 3.80. The van der Waals surface area contributed by atoms with Crippen molar-refractivity contribution in [2.75, 3.05) is 18.6 Å². The summed E-state index contributed by atoms with van der Waals surface area (Å²) in [5.41, 5.74) is -1.18. The van der Waals surface area contributed by atoms with Crippen LogP contribution in [0.15, 0.2) is 67.3 Å². The summed E-state index contributed by atoms with van der Waals surface area (Å²) < 4.78 is 51.5. The Morgan fingerprint density at radius 3 is 2.05 bits per heavy atom. The molecule has 0 fully saturated rings. The van der Waals surface area contributed by atoms with Gasteiger partial charge in [-0.3, -0.25) is 9.69 Å². The summed E-state index contributed by atoms with van der Waals surface area (Å²) in [4.78, 5) is 27.7. The molecule has 2 aromatic carbocycles. The van der Waals surface area contributed by atoms with Crippen molar-refractivity contribution in [2.45, 2.75) is 64.4 Å². The fraction of sp³-hybridized carbons (Fsp3) is 0.429. The first-order chi connectivity index (χ1) is 17.2. The van der Waals surface area contributed by atoms with E-state index >= 15 is 0 Å². The van der Waals surface area contributed by atoms with Crippen LogP contribution in [0.3, 0.4) is 0 Å². The largest absolute Gasteiger partial charge is 0.497 e. The number of alkyl halides is 3. The number of nitrogens with zero attached hydrogens (tertiary/aromatic N) is 2. The number of benzene rings is 2. The van der Waals surface area contributed by atoms with E-state index in [0.717, 1.165) is 5.56 Å². The summed E-state index contributed by atoms with van der Waals surface area (Å²) in [5.74, 6) is -1.56. The van der Waals surface area contributed by atoms with Gasteiger partial charge in [0.1, 0.15) is 11.4 Å². The lowest BCUT2D eigenvalue weighted by molar-refractivity contribution is -0.171. The quantitative estimate of drug-likeness (QED) is 0.325. The highest BCUT2D eigenvalue weighted by atomic mass is 19.4. The van der Waals surface area contributed by atoms with Gasteiger partial charge in [-0.25, -0.2) is 4.79 Å². The van der Waals surface area contributed by atoms with Crippen LogP contribution < -0.4 is 9.64 Å². The number of amides is 2. The van der Waals surface area contributed by atoms with Crippen molar-refractivity contribution in [3.8, 4) is 5.75 Å². The topological polar surface area (TPSA) is 59.1 Å². The Hall–Kier alpha value is -3.49. The minimum atomic E-state index is -5.10. The molecule has 0 N–H and O–H groups in total. The maximum atomic E-state index is 13.6. The summed E-state index contributed by atoms with van der Waals surface area (Å²) in [6.45, 7) is 11.0. The van der Waals surface area contributed by atoms with Crippen LogP contribution in [0, 0.1) is 0 Å². The second kappa shape index (κ2) is 12.2. The Morgan fingerprint density at radius 2 is 1.57 bits per heavy atom. The van der Waals surface area contributed by atoms with Gasteiger partial charge in [0.2, 0.25) is 0 Å². The molecule has 37 heavy (non-hydrogen) atoms. The molecule has 202 valence electrons. The highest BCUT2D eigenvalue weighted by Crippen LogP contribution is 2.35. The van der Waals surface area contributed by atoms with Gasteiger partial charge < -0.3 is 14.4 Å². The smallest absolute Gasteiger partial charge is 0.471 e. The molecule has 0 aliphatic heterocycles. The molecule has 0 saturated heterocycles. The van der Waals surface area contributed by atoms with E-state index < -0.39 is 29.3 Å². The van der Waals surface area contributed by atoms with Gasteiger partial charge in [0, 0.05) is 18.8 Å². The molecule has 0 aliphatic rings. The number of rotatable bonds is 10. The lowest BCUT2D eigenvalue weighted by Crippen LogP contribution is -2.54. The summed E-state index contributed by atoms with van der Waals surface area (Å²) in [7, 11) is 1.44. The van der Waals surface area contributed by atoms with Crippen molar-refractivity contribution in [2.24, 2.45) is 0 Å². The Kier molecular flexibility index (Phi) is 9.78. The number of ether oxygens (including phenoxy) is 2. The van der Waals surface area contributed by atoms with Crippen LogP contribution in [0.2, 0.25) is 0 Å². The molecular weight excluding hydrogens is 485 g/mol. The average Bonchev–Trinajstić information content (AvgIpc) is 2.83. The van der Waals surface area contributed by atoms with Crippen LogP contribution in [0.1, 0.15) is 46.1 Å². The van der Waals surface area contributed by atoms with Gasteiger partial charge in [0.25, 0.3) is 0 Å². The number of carbonyl (C=O) groups is 2. The van der Waals surface area contributed by atoms with E-state index in [0.29, 0.717) is 10.6 Å². The van der Waals surface area contributed by atoms with E-state index in [1.54, 1.807) is 20.8 Å². The maximum absolute atomic E-state index is 13.6. The summed E-state index contributed by atoms with van der Waals surface area (Å²) in [6.07, 6.45) is -3.91. The van der Waals surface area contributed by atoms with E-state index in [4.69, 9.17) is 9.47 Å². The molecule has 0 unspecified atom stereocenters. The second-order valence-electron chi connectivity index (χ2n) is 9.89. The van der Waals surface area contributed by atoms with Crippen molar-refractivity contribution in [1.82, 2.24) is 4.90 Å². The third-order valence-corrected chi connectivity index (χ3v) is 5.71. The van der Waals surface area contributed by atoms with Crippen LogP contribution >= 0.6 is 0 Å². The SMILES string of the molecule is C=C[C@@](C)(CCCN(Cc1ccccc1)C(=O)OC(C)(C)C)N(C(=O)C(F)(F)F)c1ccc(OC)cc1. The Balaban J connectivity index is 2.30. The Morgan fingerprint density at radius 1 is 0.973 bits per heavy atom. The van der Waals surface area contributed by atoms with Gasteiger partial charge >= 0.3 is 18.2 Å². The number of carbonyl (C=O) groups excluding carboxylic acids is 2. The van der Waals surface area contributed by atoms with Crippen LogP contribution in [-0.4, -0.2) is 47.9 Å². The Labute approximate surface area is 216 Å². The van der Waals surface area contributed by atoms with Gasteiger partial charge in [-0.1, -0.05) is 36.4 Å². The molecule has 0 heterocycles. The van der Waals surface area contributed by atoms with E-state index in [-0.39, 0.29) is 31.6 Å².